The minimum Gasteiger partial charge on any atom is -0.456 e. The lowest BCUT2D eigenvalue weighted by Crippen LogP contribution is -2.09. The van der Waals surface area contributed by atoms with Crippen molar-refractivity contribution in [3.8, 4) is 44.5 Å². The molecule has 0 N–H and O–H groups in total. The lowest BCUT2D eigenvalue weighted by Gasteiger charge is -2.26. The monoisotopic (exact) mass is 739 g/mol. The van der Waals surface area contributed by atoms with Crippen LogP contribution in [0.5, 0.6) is 0 Å². The first-order chi connectivity index (χ1) is 28.7. The molecule has 0 saturated heterocycles. The van der Waals surface area contributed by atoms with Crippen molar-refractivity contribution in [1.29, 1.82) is 0 Å². The number of nitrogens with zero attached hydrogens (tertiary/aromatic N) is 1. The van der Waals surface area contributed by atoms with E-state index in [9.17, 15) is 0 Å². The zero-order valence-corrected chi connectivity index (χ0v) is 31.7. The van der Waals surface area contributed by atoms with Gasteiger partial charge in [-0.3, -0.25) is 0 Å². The first-order valence-corrected chi connectivity index (χ1v) is 19.8. The van der Waals surface area contributed by atoms with Crippen LogP contribution in [0, 0.1) is 0 Å². The minimum absolute atomic E-state index is 0.865. The summed E-state index contributed by atoms with van der Waals surface area (Å²) in [5.41, 5.74) is 14.5. The number of hydrogen-bond acceptors (Lipinski definition) is 2. The van der Waals surface area contributed by atoms with Crippen molar-refractivity contribution < 1.29 is 4.42 Å². The first kappa shape index (κ1) is 33.6. The summed E-state index contributed by atoms with van der Waals surface area (Å²) in [6.45, 7) is 0. The van der Waals surface area contributed by atoms with Gasteiger partial charge in [-0.25, -0.2) is 0 Å². The average molecular weight is 740 g/mol. The van der Waals surface area contributed by atoms with Crippen molar-refractivity contribution >= 4 is 60.5 Å². The lowest BCUT2D eigenvalue weighted by molar-refractivity contribution is 0.669. The highest BCUT2D eigenvalue weighted by molar-refractivity contribution is 6.06. The molecule has 0 aliphatic carbocycles. The predicted octanol–water partition coefficient (Wildman–Crippen LogP) is 16.0. The van der Waals surface area contributed by atoms with Gasteiger partial charge in [-0.15, -0.1) is 0 Å². The van der Waals surface area contributed by atoms with Crippen LogP contribution in [0.25, 0.3) is 88.0 Å². The Kier molecular flexibility index (Phi) is 8.19. The van der Waals surface area contributed by atoms with Gasteiger partial charge in [0.1, 0.15) is 11.2 Å². The molecule has 11 aromatic rings. The summed E-state index contributed by atoms with van der Waals surface area (Å²) in [5.74, 6) is 0. The maximum absolute atomic E-state index is 6.42. The standard InChI is InChI=1S/C56H37NO/c1-2-13-39(14-3-1)53-35-42-16-4-5-17-43(42)36-54(53)41-27-31-45(32-28-41)57(46-33-34-52-51-22-10-11-24-55(51)58-56(52)37-46)44-29-25-40(26-30-44)48-20-8-9-21-49(48)50-23-12-18-38-15-6-7-19-47(38)50/h1-37H. The number of para-hydroxylation sites is 1. The van der Waals surface area contributed by atoms with Crippen molar-refractivity contribution in [2.75, 3.05) is 4.90 Å². The molecule has 0 bridgehead atoms. The summed E-state index contributed by atoms with van der Waals surface area (Å²) in [7, 11) is 0. The van der Waals surface area contributed by atoms with Crippen LogP contribution in [-0.2, 0) is 0 Å². The SMILES string of the molecule is c1ccc(-c2cc3ccccc3cc2-c2ccc(N(c3ccc(-c4ccccc4-c4cccc5ccccc45)cc3)c3ccc4c(c3)oc3ccccc34)cc2)cc1. The van der Waals surface area contributed by atoms with E-state index in [0.29, 0.717) is 0 Å². The van der Waals surface area contributed by atoms with Gasteiger partial charge < -0.3 is 9.32 Å². The van der Waals surface area contributed by atoms with E-state index in [4.69, 9.17) is 4.42 Å². The molecule has 0 aliphatic rings. The quantitative estimate of drug-likeness (QED) is 0.162. The second kappa shape index (κ2) is 14.1. The number of fused-ring (bicyclic) bond motifs is 5. The van der Waals surface area contributed by atoms with Gasteiger partial charge in [0.15, 0.2) is 0 Å². The molecule has 0 spiro atoms. The molecule has 0 aliphatic heterocycles. The fraction of sp³-hybridized carbons (Fsp3) is 0. The Labute approximate surface area is 337 Å². The number of rotatable bonds is 7. The van der Waals surface area contributed by atoms with Gasteiger partial charge in [0.05, 0.1) is 0 Å². The Bertz CT molecular complexity index is 3260. The summed E-state index contributed by atoms with van der Waals surface area (Å²) >= 11 is 0. The summed E-state index contributed by atoms with van der Waals surface area (Å²) < 4.78 is 6.42. The van der Waals surface area contributed by atoms with Crippen LogP contribution in [0.15, 0.2) is 229 Å². The smallest absolute Gasteiger partial charge is 0.137 e. The summed E-state index contributed by atoms with van der Waals surface area (Å²) in [6, 6.07) is 80.7. The van der Waals surface area contributed by atoms with Crippen LogP contribution in [-0.4, -0.2) is 0 Å². The van der Waals surface area contributed by atoms with Crippen LogP contribution < -0.4 is 4.90 Å². The molecule has 1 aromatic heterocycles. The van der Waals surface area contributed by atoms with Crippen LogP contribution in [0.4, 0.5) is 17.1 Å². The molecule has 58 heavy (non-hydrogen) atoms. The lowest BCUT2D eigenvalue weighted by atomic mass is 9.91. The van der Waals surface area contributed by atoms with Crippen LogP contribution in [0.3, 0.4) is 0 Å². The van der Waals surface area contributed by atoms with Crippen molar-refractivity contribution in [3.63, 3.8) is 0 Å². The molecule has 10 aromatic carbocycles. The second-order valence-electron chi connectivity index (χ2n) is 14.9. The van der Waals surface area contributed by atoms with Gasteiger partial charge >= 0.3 is 0 Å². The third kappa shape index (κ3) is 5.91. The predicted molar refractivity (Wildman–Crippen MR) is 245 cm³/mol. The molecule has 272 valence electrons. The fourth-order valence-electron chi connectivity index (χ4n) is 8.65. The Hall–Kier alpha value is -7.68. The van der Waals surface area contributed by atoms with E-state index in [1.807, 2.05) is 12.1 Å². The first-order valence-electron chi connectivity index (χ1n) is 19.8. The second-order valence-corrected chi connectivity index (χ2v) is 14.9. The summed E-state index contributed by atoms with van der Waals surface area (Å²) in [5, 5.41) is 7.19. The Morgan fingerprint density at radius 1 is 0.259 bits per heavy atom. The average Bonchev–Trinajstić information content (AvgIpc) is 3.67. The molecule has 2 heteroatoms. The number of hydrogen-bond donors (Lipinski definition) is 0. The zero-order chi connectivity index (χ0) is 38.4. The highest BCUT2D eigenvalue weighted by Crippen LogP contribution is 2.43. The Balaban J connectivity index is 1.03. The molecule has 2 nitrogen and oxygen atoms in total. The summed E-state index contributed by atoms with van der Waals surface area (Å²) in [6.07, 6.45) is 0. The summed E-state index contributed by atoms with van der Waals surface area (Å²) in [4.78, 5) is 2.33. The van der Waals surface area contributed by atoms with E-state index in [1.54, 1.807) is 0 Å². The third-order valence-corrected chi connectivity index (χ3v) is 11.5. The van der Waals surface area contributed by atoms with E-state index in [0.717, 1.165) is 39.0 Å². The van der Waals surface area contributed by atoms with Crippen molar-refractivity contribution in [1.82, 2.24) is 0 Å². The largest absolute Gasteiger partial charge is 0.456 e. The molecular formula is C56H37NO. The minimum atomic E-state index is 0.865. The Morgan fingerprint density at radius 2 is 0.741 bits per heavy atom. The van der Waals surface area contributed by atoms with Crippen molar-refractivity contribution in [3.05, 3.63) is 224 Å². The van der Waals surface area contributed by atoms with Gasteiger partial charge in [-0.05, 0) is 121 Å². The van der Waals surface area contributed by atoms with E-state index in [2.05, 4.69) is 217 Å². The molecule has 0 amide bonds. The maximum Gasteiger partial charge on any atom is 0.137 e. The van der Waals surface area contributed by atoms with Gasteiger partial charge in [0, 0.05) is 33.9 Å². The molecule has 0 atom stereocenters. The third-order valence-electron chi connectivity index (χ3n) is 11.5. The van der Waals surface area contributed by atoms with Crippen molar-refractivity contribution in [2.24, 2.45) is 0 Å². The van der Waals surface area contributed by atoms with E-state index < -0.39 is 0 Å². The normalized spacial score (nSPS) is 11.4. The molecule has 0 radical (unpaired) electrons. The van der Waals surface area contributed by atoms with Gasteiger partial charge in [0.2, 0.25) is 0 Å². The van der Waals surface area contributed by atoms with E-state index in [1.165, 1.54) is 66.1 Å². The molecule has 0 unspecified atom stereocenters. The van der Waals surface area contributed by atoms with Crippen molar-refractivity contribution in [2.45, 2.75) is 0 Å². The van der Waals surface area contributed by atoms with E-state index >= 15 is 0 Å². The van der Waals surface area contributed by atoms with Crippen LogP contribution in [0.1, 0.15) is 0 Å². The highest BCUT2D eigenvalue weighted by atomic mass is 16.3. The molecule has 0 fully saturated rings. The van der Waals surface area contributed by atoms with Gasteiger partial charge in [-0.2, -0.15) is 0 Å². The van der Waals surface area contributed by atoms with Crippen LogP contribution in [0.2, 0.25) is 0 Å². The Morgan fingerprint density at radius 3 is 1.45 bits per heavy atom. The van der Waals surface area contributed by atoms with Gasteiger partial charge in [0.25, 0.3) is 0 Å². The molecule has 1 heterocycles. The molecule has 11 rings (SSSR count). The van der Waals surface area contributed by atoms with E-state index in [-0.39, 0.29) is 0 Å². The number of anilines is 3. The maximum atomic E-state index is 6.42. The fourth-order valence-corrected chi connectivity index (χ4v) is 8.65. The number of benzene rings is 10. The molecular weight excluding hydrogens is 703 g/mol. The van der Waals surface area contributed by atoms with Crippen LogP contribution >= 0.6 is 0 Å². The highest BCUT2D eigenvalue weighted by Gasteiger charge is 2.18. The zero-order valence-electron chi connectivity index (χ0n) is 31.7. The molecule has 0 saturated carbocycles. The van der Waals surface area contributed by atoms with Gasteiger partial charge in [-0.1, -0.05) is 164 Å². The topological polar surface area (TPSA) is 16.4 Å². The number of furan rings is 1.